The number of amides is 1. The van der Waals surface area contributed by atoms with Crippen molar-refractivity contribution in [2.24, 2.45) is 5.73 Å². The van der Waals surface area contributed by atoms with E-state index in [1.165, 1.54) is 0 Å². The van der Waals surface area contributed by atoms with Crippen LogP contribution in [0.3, 0.4) is 0 Å². The van der Waals surface area contributed by atoms with Crippen LogP contribution in [0, 0.1) is 0 Å². The van der Waals surface area contributed by atoms with Gasteiger partial charge in [-0.1, -0.05) is 0 Å². The molecule has 0 aliphatic carbocycles. The predicted octanol–water partition coefficient (Wildman–Crippen LogP) is -1.62. The van der Waals surface area contributed by atoms with Gasteiger partial charge >= 0.3 is 11.9 Å². The van der Waals surface area contributed by atoms with Gasteiger partial charge in [0.1, 0.15) is 0 Å². The maximum absolute atomic E-state index is 11.0. The molecule has 0 spiro atoms. The van der Waals surface area contributed by atoms with Crippen LogP contribution in [0.1, 0.15) is 20.8 Å². The number of carbonyl (C=O) groups excluding carboxylic acids is 1. The van der Waals surface area contributed by atoms with Crippen molar-refractivity contribution in [1.82, 2.24) is 5.32 Å². The highest BCUT2D eigenvalue weighted by atomic mass is 16.4. The first-order valence-electron chi connectivity index (χ1n) is 4.70. The number of aliphatic hydroxyl groups is 1. The minimum absolute atomic E-state index is 0.249. The predicted molar refractivity (Wildman–Crippen MR) is 58.2 cm³/mol. The Balaban J connectivity index is 0. The lowest BCUT2D eigenvalue weighted by molar-refractivity contribution is -0.159. The number of nitrogens with two attached hydrogens (primary N) is 1. The van der Waals surface area contributed by atoms with Crippen molar-refractivity contribution in [3.63, 3.8) is 0 Å². The Hall–Kier alpha value is -1.67. The fourth-order valence-corrected chi connectivity index (χ4v) is 0.468. The van der Waals surface area contributed by atoms with Gasteiger partial charge in [-0.3, -0.25) is 4.79 Å². The average Bonchev–Trinajstić information content (AvgIpc) is 2.13. The zero-order chi connectivity index (χ0) is 14.2. The zero-order valence-corrected chi connectivity index (χ0v) is 9.93. The van der Waals surface area contributed by atoms with Crippen molar-refractivity contribution in [3.8, 4) is 0 Å². The largest absolute Gasteiger partial charge is 0.473 e. The number of rotatable bonds is 3. The molecule has 0 heterocycles. The van der Waals surface area contributed by atoms with Crippen molar-refractivity contribution < 1.29 is 29.7 Å². The van der Waals surface area contributed by atoms with Crippen LogP contribution in [0.4, 0.5) is 0 Å². The first kappa shape index (κ1) is 17.7. The van der Waals surface area contributed by atoms with Gasteiger partial charge in [0.15, 0.2) is 0 Å². The monoisotopic (exact) mass is 250 g/mol. The molecule has 0 fully saturated rings. The molecule has 0 saturated carbocycles. The molecule has 6 N–H and O–H groups in total. The SMILES string of the molecule is CC(O)CNC(=O)C(C)(C)N.O=C(O)C(=O)O. The normalized spacial score (nSPS) is 11.8. The molecule has 0 rings (SSSR count). The van der Waals surface area contributed by atoms with Gasteiger partial charge in [-0.15, -0.1) is 0 Å². The third-order valence-electron chi connectivity index (χ3n) is 1.33. The molecular weight excluding hydrogens is 232 g/mol. The van der Waals surface area contributed by atoms with Gasteiger partial charge in [-0.05, 0) is 20.8 Å². The molecule has 8 nitrogen and oxygen atoms in total. The summed E-state index contributed by atoms with van der Waals surface area (Å²) in [6.45, 7) is 5.08. The second-order valence-electron chi connectivity index (χ2n) is 3.89. The van der Waals surface area contributed by atoms with Gasteiger partial charge in [0, 0.05) is 6.54 Å². The molecule has 0 radical (unpaired) electrons. The molecule has 100 valence electrons. The van der Waals surface area contributed by atoms with Crippen molar-refractivity contribution >= 4 is 17.8 Å². The second kappa shape index (κ2) is 7.58. The molecule has 0 bridgehead atoms. The Morgan fingerprint density at radius 3 is 1.76 bits per heavy atom. The molecule has 1 amide bonds. The van der Waals surface area contributed by atoms with E-state index >= 15 is 0 Å². The lowest BCUT2D eigenvalue weighted by atomic mass is 10.1. The number of aliphatic hydroxyl groups excluding tert-OH is 1. The van der Waals surface area contributed by atoms with E-state index in [1.54, 1.807) is 20.8 Å². The molecule has 0 aromatic carbocycles. The zero-order valence-electron chi connectivity index (χ0n) is 9.93. The van der Waals surface area contributed by atoms with E-state index in [2.05, 4.69) is 5.32 Å². The Kier molecular flexibility index (Phi) is 7.90. The van der Waals surface area contributed by atoms with E-state index in [0.29, 0.717) is 0 Å². The lowest BCUT2D eigenvalue weighted by Crippen LogP contribution is -2.50. The lowest BCUT2D eigenvalue weighted by Gasteiger charge is -2.18. The third kappa shape index (κ3) is 12.3. The van der Waals surface area contributed by atoms with Gasteiger partial charge in [0.05, 0.1) is 11.6 Å². The topological polar surface area (TPSA) is 150 Å². The number of carboxylic acid groups (broad SMARTS) is 2. The summed E-state index contributed by atoms with van der Waals surface area (Å²) in [5, 5.41) is 26.1. The van der Waals surface area contributed by atoms with Crippen molar-refractivity contribution in [2.45, 2.75) is 32.4 Å². The Labute approximate surface area is 98.4 Å². The number of hydrogen-bond acceptors (Lipinski definition) is 5. The van der Waals surface area contributed by atoms with Crippen LogP contribution < -0.4 is 11.1 Å². The number of hydrogen-bond donors (Lipinski definition) is 5. The van der Waals surface area contributed by atoms with Gasteiger partial charge in [0.2, 0.25) is 5.91 Å². The summed E-state index contributed by atoms with van der Waals surface area (Å²) in [6, 6.07) is 0. The third-order valence-corrected chi connectivity index (χ3v) is 1.33. The van der Waals surface area contributed by atoms with Crippen LogP contribution in [0.2, 0.25) is 0 Å². The molecule has 0 aliphatic heterocycles. The first-order chi connectivity index (χ1) is 7.48. The summed E-state index contributed by atoms with van der Waals surface area (Å²) >= 11 is 0. The fourth-order valence-electron chi connectivity index (χ4n) is 0.468. The molecule has 17 heavy (non-hydrogen) atoms. The fraction of sp³-hybridized carbons (Fsp3) is 0.667. The summed E-state index contributed by atoms with van der Waals surface area (Å²) in [4.78, 5) is 29.2. The molecule has 8 heteroatoms. The summed E-state index contributed by atoms with van der Waals surface area (Å²) in [5.74, 6) is -3.90. The van der Waals surface area contributed by atoms with Crippen LogP contribution in [0.5, 0.6) is 0 Å². The number of aliphatic carboxylic acids is 2. The molecule has 1 atom stereocenters. The maximum atomic E-state index is 11.0. The molecule has 1 unspecified atom stereocenters. The molecule has 0 aromatic rings. The van der Waals surface area contributed by atoms with Crippen molar-refractivity contribution in [1.29, 1.82) is 0 Å². The minimum Gasteiger partial charge on any atom is -0.473 e. The van der Waals surface area contributed by atoms with E-state index in [0.717, 1.165) is 0 Å². The maximum Gasteiger partial charge on any atom is 0.414 e. The molecular formula is C9H18N2O6. The standard InChI is InChI=1S/C7H16N2O2.C2H2O4/c1-5(10)4-9-6(11)7(2,3)8;3-1(4)2(5)6/h5,10H,4,8H2,1-3H3,(H,9,11);(H,3,4)(H,5,6). The summed E-state index contributed by atoms with van der Waals surface area (Å²) < 4.78 is 0. The van der Waals surface area contributed by atoms with E-state index in [4.69, 9.17) is 30.6 Å². The van der Waals surface area contributed by atoms with Gasteiger partial charge in [0.25, 0.3) is 0 Å². The number of nitrogens with one attached hydrogen (secondary N) is 1. The highest BCUT2D eigenvalue weighted by Gasteiger charge is 2.21. The van der Waals surface area contributed by atoms with Gasteiger partial charge < -0.3 is 26.4 Å². The van der Waals surface area contributed by atoms with Gasteiger partial charge in [-0.25, -0.2) is 9.59 Å². The van der Waals surface area contributed by atoms with E-state index < -0.39 is 23.6 Å². The van der Waals surface area contributed by atoms with Crippen molar-refractivity contribution in [3.05, 3.63) is 0 Å². The summed E-state index contributed by atoms with van der Waals surface area (Å²) in [6.07, 6.45) is -0.527. The quantitative estimate of drug-likeness (QED) is 0.377. The number of carboxylic acids is 2. The van der Waals surface area contributed by atoms with Crippen molar-refractivity contribution in [2.75, 3.05) is 6.54 Å². The van der Waals surface area contributed by atoms with Gasteiger partial charge in [-0.2, -0.15) is 0 Å². The minimum atomic E-state index is -1.82. The first-order valence-corrected chi connectivity index (χ1v) is 4.70. The van der Waals surface area contributed by atoms with Crippen LogP contribution in [0.25, 0.3) is 0 Å². The second-order valence-corrected chi connectivity index (χ2v) is 3.89. The van der Waals surface area contributed by atoms with E-state index in [-0.39, 0.29) is 12.5 Å². The van der Waals surface area contributed by atoms with Crippen LogP contribution in [-0.4, -0.2) is 51.4 Å². The van der Waals surface area contributed by atoms with E-state index in [9.17, 15) is 4.79 Å². The molecule has 0 saturated heterocycles. The van der Waals surface area contributed by atoms with E-state index in [1.807, 2.05) is 0 Å². The summed E-state index contributed by atoms with van der Waals surface area (Å²) in [5.41, 5.74) is 4.61. The number of carbonyl (C=O) groups is 3. The van der Waals surface area contributed by atoms with Crippen LogP contribution in [-0.2, 0) is 14.4 Å². The Bertz CT molecular complexity index is 270. The molecule has 0 aromatic heterocycles. The van der Waals surface area contributed by atoms with Crippen LogP contribution >= 0.6 is 0 Å². The Morgan fingerprint density at radius 1 is 1.24 bits per heavy atom. The highest BCUT2D eigenvalue weighted by molar-refractivity contribution is 6.27. The average molecular weight is 250 g/mol. The molecule has 0 aliphatic rings. The smallest absolute Gasteiger partial charge is 0.414 e. The summed E-state index contributed by atoms with van der Waals surface area (Å²) in [7, 11) is 0. The van der Waals surface area contributed by atoms with Crippen LogP contribution in [0.15, 0.2) is 0 Å². The Morgan fingerprint density at radius 2 is 1.59 bits per heavy atom. The highest BCUT2D eigenvalue weighted by Crippen LogP contribution is 1.95.